The van der Waals surface area contributed by atoms with E-state index in [0.717, 1.165) is 18.6 Å². The van der Waals surface area contributed by atoms with Gasteiger partial charge in [0.15, 0.2) is 5.82 Å². The fourth-order valence-electron chi connectivity index (χ4n) is 2.85. The summed E-state index contributed by atoms with van der Waals surface area (Å²) in [5.41, 5.74) is 0.707. The summed E-state index contributed by atoms with van der Waals surface area (Å²) in [7, 11) is 0. The van der Waals surface area contributed by atoms with E-state index < -0.39 is 0 Å². The van der Waals surface area contributed by atoms with Gasteiger partial charge in [0.1, 0.15) is 5.75 Å². The molecular formula is C17H22N4O3. The Hall–Kier alpha value is -2.57. The van der Waals surface area contributed by atoms with Crippen LogP contribution in [-0.2, 0) is 6.42 Å². The van der Waals surface area contributed by atoms with Gasteiger partial charge in [0.2, 0.25) is 5.89 Å². The Labute approximate surface area is 141 Å². The van der Waals surface area contributed by atoms with Crippen LogP contribution in [0.5, 0.6) is 5.75 Å². The highest BCUT2D eigenvalue weighted by Crippen LogP contribution is 2.31. The molecule has 7 nitrogen and oxygen atoms in total. The molecule has 1 aromatic heterocycles. The zero-order chi connectivity index (χ0) is 16.9. The lowest BCUT2D eigenvalue weighted by Crippen LogP contribution is -2.34. The molecule has 24 heavy (non-hydrogen) atoms. The third-order valence-corrected chi connectivity index (χ3v) is 3.99. The van der Waals surface area contributed by atoms with Crippen molar-refractivity contribution in [3.05, 3.63) is 36.0 Å². The molecular weight excluding hydrogens is 308 g/mol. The number of anilines is 1. The number of carbonyl (C=O) groups is 1. The summed E-state index contributed by atoms with van der Waals surface area (Å²) in [5.74, 6) is 1.92. The number of ether oxygens (including phenoxy) is 1. The predicted octanol–water partition coefficient (Wildman–Crippen LogP) is 3.40. The van der Waals surface area contributed by atoms with Crippen LogP contribution in [-0.4, -0.2) is 34.2 Å². The number of aromatic nitrogens is 2. The molecule has 0 bridgehead atoms. The SMILES string of the molecule is CCOc1cccc(NC(=O)N2CCCC2c2noc(CC)n2)c1. The van der Waals surface area contributed by atoms with E-state index >= 15 is 0 Å². The molecule has 0 saturated carbocycles. The lowest BCUT2D eigenvalue weighted by molar-refractivity contribution is 0.204. The van der Waals surface area contributed by atoms with Crippen molar-refractivity contribution in [2.75, 3.05) is 18.5 Å². The van der Waals surface area contributed by atoms with Crippen LogP contribution in [0, 0.1) is 0 Å². The summed E-state index contributed by atoms with van der Waals surface area (Å²) in [6.07, 6.45) is 2.46. The smallest absolute Gasteiger partial charge is 0.322 e. The maximum absolute atomic E-state index is 12.6. The van der Waals surface area contributed by atoms with Gasteiger partial charge < -0.3 is 19.5 Å². The molecule has 2 heterocycles. The molecule has 1 aliphatic rings. The standard InChI is InChI=1S/C17H22N4O3/c1-3-15-19-16(20-24-15)14-9-6-10-21(14)17(22)18-12-7-5-8-13(11-12)23-4-2/h5,7-8,11,14H,3-4,6,9-10H2,1-2H3,(H,18,22). The average Bonchev–Trinajstić information content (AvgIpc) is 3.24. The summed E-state index contributed by atoms with van der Waals surface area (Å²) in [6, 6.07) is 7.08. The number of hydrogen-bond donors (Lipinski definition) is 1. The lowest BCUT2D eigenvalue weighted by atomic mass is 10.2. The number of nitrogens with one attached hydrogen (secondary N) is 1. The molecule has 1 atom stereocenters. The summed E-state index contributed by atoms with van der Waals surface area (Å²) in [6.45, 7) is 5.15. The minimum atomic E-state index is -0.158. The minimum Gasteiger partial charge on any atom is -0.494 e. The van der Waals surface area contributed by atoms with Gasteiger partial charge in [-0.25, -0.2) is 4.79 Å². The number of likely N-dealkylation sites (tertiary alicyclic amines) is 1. The van der Waals surface area contributed by atoms with Crippen LogP contribution >= 0.6 is 0 Å². The van der Waals surface area contributed by atoms with Crippen LogP contribution in [0.25, 0.3) is 0 Å². The highest BCUT2D eigenvalue weighted by molar-refractivity contribution is 5.90. The minimum absolute atomic E-state index is 0.135. The van der Waals surface area contributed by atoms with Gasteiger partial charge in [-0.15, -0.1) is 0 Å². The fourth-order valence-corrected chi connectivity index (χ4v) is 2.85. The normalized spacial score (nSPS) is 17.1. The van der Waals surface area contributed by atoms with E-state index in [2.05, 4.69) is 15.5 Å². The predicted molar refractivity (Wildman–Crippen MR) is 89.0 cm³/mol. The largest absolute Gasteiger partial charge is 0.494 e. The van der Waals surface area contributed by atoms with E-state index in [4.69, 9.17) is 9.26 Å². The number of nitrogens with zero attached hydrogens (tertiary/aromatic N) is 3. The van der Waals surface area contributed by atoms with Crippen molar-refractivity contribution in [2.45, 2.75) is 39.2 Å². The molecule has 0 aliphatic carbocycles. The van der Waals surface area contributed by atoms with Crippen LogP contribution in [0.15, 0.2) is 28.8 Å². The molecule has 2 aromatic rings. The maximum Gasteiger partial charge on any atom is 0.322 e. The third-order valence-electron chi connectivity index (χ3n) is 3.99. The molecule has 3 rings (SSSR count). The first-order chi connectivity index (χ1) is 11.7. The first kappa shape index (κ1) is 16.3. The Bertz CT molecular complexity index is 701. The Kier molecular flexibility index (Phi) is 4.98. The van der Waals surface area contributed by atoms with Crippen molar-refractivity contribution in [3.8, 4) is 5.75 Å². The molecule has 1 saturated heterocycles. The molecule has 1 aromatic carbocycles. The van der Waals surface area contributed by atoms with Crippen LogP contribution < -0.4 is 10.1 Å². The second kappa shape index (κ2) is 7.33. The molecule has 1 N–H and O–H groups in total. The molecule has 0 radical (unpaired) electrons. The van der Waals surface area contributed by atoms with Gasteiger partial charge in [-0.2, -0.15) is 4.98 Å². The number of benzene rings is 1. The van der Waals surface area contributed by atoms with Gasteiger partial charge in [-0.3, -0.25) is 0 Å². The quantitative estimate of drug-likeness (QED) is 0.909. The number of hydrogen-bond acceptors (Lipinski definition) is 5. The van der Waals surface area contributed by atoms with Gasteiger partial charge in [0.05, 0.1) is 12.6 Å². The molecule has 128 valence electrons. The molecule has 2 amide bonds. The molecule has 1 unspecified atom stereocenters. The Balaban J connectivity index is 1.70. The molecule has 7 heteroatoms. The van der Waals surface area contributed by atoms with E-state index in [9.17, 15) is 4.79 Å². The highest BCUT2D eigenvalue weighted by atomic mass is 16.5. The van der Waals surface area contributed by atoms with Gasteiger partial charge >= 0.3 is 6.03 Å². The van der Waals surface area contributed by atoms with Gasteiger partial charge in [-0.05, 0) is 31.9 Å². The Morgan fingerprint density at radius 1 is 1.46 bits per heavy atom. The number of amides is 2. The Morgan fingerprint density at radius 3 is 3.08 bits per heavy atom. The second-order valence-corrected chi connectivity index (χ2v) is 5.64. The van der Waals surface area contributed by atoms with Crippen LogP contribution in [0.1, 0.15) is 44.4 Å². The van der Waals surface area contributed by atoms with E-state index in [-0.39, 0.29) is 12.1 Å². The first-order valence-corrected chi connectivity index (χ1v) is 8.34. The number of urea groups is 1. The van der Waals surface area contributed by atoms with Crippen LogP contribution in [0.3, 0.4) is 0 Å². The highest BCUT2D eigenvalue weighted by Gasteiger charge is 2.33. The number of rotatable bonds is 5. The van der Waals surface area contributed by atoms with Crippen LogP contribution in [0.4, 0.5) is 10.5 Å². The number of carbonyl (C=O) groups excluding carboxylic acids is 1. The van der Waals surface area contributed by atoms with Crippen molar-refractivity contribution in [1.29, 1.82) is 0 Å². The number of aryl methyl sites for hydroxylation is 1. The van der Waals surface area contributed by atoms with Gasteiger partial charge in [-0.1, -0.05) is 18.1 Å². The summed E-state index contributed by atoms with van der Waals surface area (Å²) < 4.78 is 10.6. The summed E-state index contributed by atoms with van der Waals surface area (Å²) in [4.78, 5) is 18.8. The molecule has 0 spiro atoms. The zero-order valence-corrected chi connectivity index (χ0v) is 14.0. The second-order valence-electron chi connectivity index (χ2n) is 5.64. The van der Waals surface area contributed by atoms with E-state index in [0.29, 0.717) is 37.0 Å². The topological polar surface area (TPSA) is 80.5 Å². The van der Waals surface area contributed by atoms with Crippen molar-refractivity contribution < 1.29 is 14.1 Å². The molecule has 1 fully saturated rings. The Morgan fingerprint density at radius 2 is 2.33 bits per heavy atom. The van der Waals surface area contributed by atoms with Crippen molar-refractivity contribution in [3.63, 3.8) is 0 Å². The summed E-state index contributed by atoms with van der Waals surface area (Å²) in [5, 5.41) is 6.94. The van der Waals surface area contributed by atoms with E-state index in [1.807, 2.05) is 38.1 Å². The van der Waals surface area contributed by atoms with E-state index in [1.54, 1.807) is 4.90 Å². The van der Waals surface area contributed by atoms with Crippen molar-refractivity contribution in [2.24, 2.45) is 0 Å². The van der Waals surface area contributed by atoms with Crippen molar-refractivity contribution >= 4 is 11.7 Å². The monoisotopic (exact) mass is 330 g/mol. The third kappa shape index (κ3) is 3.50. The van der Waals surface area contributed by atoms with Gasteiger partial charge in [0.25, 0.3) is 0 Å². The maximum atomic E-state index is 12.6. The lowest BCUT2D eigenvalue weighted by Gasteiger charge is -2.22. The fraction of sp³-hybridized carbons (Fsp3) is 0.471. The van der Waals surface area contributed by atoms with Crippen molar-refractivity contribution in [1.82, 2.24) is 15.0 Å². The average molecular weight is 330 g/mol. The van der Waals surface area contributed by atoms with Crippen LogP contribution in [0.2, 0.25) is 0 Å². The zero-order valence-electron chi connectivity index (χ0n) is 14.0. The van der Waals surface area contributed by atoms with E-state index in [1.165, 1.54) is 0 Å². The molecule has 1 aliphatic heterocycles. The van der Waals surface area contributed by atoms with Gasteiger partial charge in [0, 0.05) is 24.7 Å². The first-order valence-electron chi connectivity index (χ1n) is 8.34. The summed E-state index contributed by atoms with van der Waals surface area (Å²) >= 11 is 0.